The van der Waals surface area contributed by atoms with Gasteiger partial charge in [-0.15, -0.1) is 0 Å². The van der Waals surface area contributed by atoms with E-state index in [1.165, 1.54) is 31.2 Å². The molecule has 0 saturated carbocycles. The first-order valence-corrected chi connectivity index (χ1v) is 8.78. The van der Waals surface area contributed by atoms with Crippen LogP contribution in [0.5, 0.6) is 0 Å². The maximum atomic E-state index is 12.0. The van der Waals surface area contributed by atoms with E-state index >= 15 is 0 Å². The van der Waals surface area contributed by atoms with E-state index in [0.717, 1.165) is 11.6 Å². The number of hydrogen-bond donors (Lipinski definition) is 1. The number of hydrogen-bond acceptors (Lipinski definition) is 6. The maximum Gasteiger partial charge on any atom is 0.331 e. The summed E-state index contributed by atoms with van der Waals surface area (Å²) in [6, 6.07) is 14.2. The van der Waals surface area contributed by atoms with E-state index in [4.69, 9.17) is 4.74 Å². The topological polar surface area (TPSA) is 116 Å². The van der Waals surface area contributed by atoms with Crippen LogP contribution in [0.4, 0.5) is 5.69 Å². The summed E-state index contributed by atoms with van der Waals surface area (Å²) in [6.45, 7) is 0.832. The molecule has 0 heterocycles. The Hall–Kier alpha value is -3.81. The van der Waals surface area contributed by atoms with Crippen LogP contribution in [0, 0.1) is 10.1 Å². The van der Waals surface area contributed by atoms with Gasteiger partial charge < -0.3 is 10.1 Å². The first-order chi connectivity index (χ1) is 13.8. The van der Waals surface area contributed by atoms with Crippen LogP contribution in [-0.2, 0) is 25.5 Å². The number of nitrogens with one attached hydrogen (secondary N) is 1. The van der Waals surface area contributed by atoms with Gasteiger partial charge in [0, 0.05) is 18.2 Å². The van der Waals surface area contributed by atoms with Gasteiger partial charge in [0.2, 0.25) is 0 Å². The molecule has 8 nitrogen and oxygen atoms in total. The number of nitro groups is 1. The first kappa shape index (κ1) is 21.5. The van der Waals surface area contributed by atoms with E-state index < -0.39 is 29.4 Å². The molecule has 0 saturated heterocycles. The third-order valence-electron chi connectivity index (χ3n) is 3.95. The van der Waals surface area contributed by atoms with Crippen LogP contribution in [0.1, 0.15) is 18.1 Å². The zero-order valence-corrected chi connectivity index (χ0v) is 15.7. The summed E-state index contributed by atoms with van der Waals surface area (Å²) in [5, 5.41) is 13.3. The highest BCUT2D eigenvalue weighted by atomic mass is 16.6. The van der Waals surface area contributed by atoms with Crippen LogP contribution in [0.3, 0.4) is 0 Å². The molecule has 0 spiro atoms. The first-order valence-electron chi connectivity index (χ1n) is 8.78. The Morgan fingerprint density at radius 1 is 1.14 bits per heavy atom. The van der Waals surface area contributed by atoms with Crippen molar-refractivity contribution in [3.05, 3.63) is 81.9 Å². The number of ketones is 1. The Bertz CT molecular complexity index is 924. The monoisotopic (exact) mass is 396 g/mol. The predicted octanol–water partition coefficient (Wildman–Crippen LogP) is 2.47. The second-order valence-electron chi connectivity index (χ2n) is 6.21. The molecule has 1 amide bonds. The van der Waals surface area contributed by atoms with Crippen molar-refractivity contribution in [2.75, 3.05) is 6.61 Å². The molecule has 0 bridgehead atoms. The highest BCUT2D eigenvalue weighted by Gasteiger charge is 2.18. The van der Waals surface area contributed by atoms with Crippen molar-refractivity contribution in [1.82, 2.24) is 5.32 Å². The minimum absolute atomic E-state index is 0.103. The minimum Gasteiger partial charge on any atom is -0.452 e. The molecule has 0 unspecified atom stereocenters. The molecule has 0 radical (unpaired) electrons. The molecular weight excluding hydrogens is 376 g/mol. The van der Waals surface area contributed by atoms with Gasteiger partial charge in [0.25, 0.3) is 11.6 Å². The summed E-state index contributed by atoms with van der Waals surface area (Å²) in [4.78, 5) is 45.7. The molecule has 0 aromatic heterocycles. The van der Waals surface area contributed by atoms with Crippen molar-refractivity contribution in [2.45, 2.75) is 19.4 Å². The SMILES string of the molecule is CC(=O)[C@H](Cc1ccccc1)NC(=O)COC(=O)/C=C/c1cccc([N+](=O)[O-])c1. The van der Waals surface area contributed by atoms with Crippen molar-refractivity contribution < 1.29 is 24.0 Å². The second-order valence-corrected chi connectivity index (χ2v) is 6.21. The third-order valence-corrected chi connectivity index (χ3v) is 3.95. The Kier molecular flexibility index (Phi) is 7.78. The van der Waals surface area contributed by atoms with E-state index in [2.05, 4.69) is 5.32 Å². The third kappa shape index (κ3) is 7.37. The Morgan fingerprint density at radius 2 is 1.86 bits per heavy atom. The van der Waals surface area contributed by atoms with Crippen LogP contribution < -0.4 is 5.32 Å². The number of carbonyl (C=O) groups is 3. The molecule has 29 heavy (non-hydrogen) atoms. The van der Waals surface area contributed by atoms with E-state index in [0.29, 0.717) is 12.0 Å². The number of carbonyl (C=O) groups excluding carboxylic acids is 3. The lowest BCUT2D eigenvalue weighted by Gasteiger charge is -2.16. The largest absolute Gasteiger partial charge is 0.452 e. The molecule has 2 aromatic carbocycles. The van der Waals surface area contributed by atoms with Gasteiger partial charge in [0.05, 0.1) is 11.0 Å². The molecule has 2 aromatic rings. The summed E-state index contributed by atoms with van der Waals surface area (Å²) < 4.78 is 4.85. The molecule has 0 aliphatic carbocycles. The average Bonchev–Trinajstić information content (AvgIpc) is 2.71. The van der Waals surface area contributed by atoms with Crippen LogP contribution in [-0.4, -0.2) is 35.2 Å². The Balaban J connectivity index is 1.85. The normalized spacial score (nSPS) is 11.6. The van der Waals surface area contributed by atoms with Gasteiger partial charge in [-0.05, 0) is 30.5 Å². The van der Waals surface area contributed by atoms with Crippen LogP contribution in [0.2, 0.25) is 0 Å². The number of nitro benzene ring substituents is 1. The quantitative estimate of drug-likeness (QED) is 0.301. The highest BCUT2D eigenvalue weighted by molar-refractivity contribution is 5.91. The number of non-ortho nitro benzene ring substituents is 1. The van der Waals surface area contributed by atoms with Crippen molar-refractivity contribution in [3.63, 3.8) is 0 Å². The van der Waals surface area contributed by atoms with Crippen LogP contribution >= 0.6 is 0 Å². The van der Waals surface area contributed by atoms with E-state index in [9.17, 15) is 24.5 Å². The zero-order chi connectivity index (χ0) is 21.2. The van der Waals surface area contributed by atoms with E-state index in [1.54, 1.807) is 6.07 Å². The zero-order valence-electron chi connectivity index (χ0n) is 15.7. The van der Waals surface area contributed by atoms with Gasteiger partial charge in [-0.2, -0.15) is 0 Å². The summed E-state index contributed by atoms with van der Waals surface area (Å²) in [7, 11) is 0. The van der Waals surface area contributed by atoms with Gasteiger partial charge in [-0.3, -0.25) is 19.7 Å². The van der Waals surface area contributed by atoms with Crippen LogP contribution in [0.15, 0.2) is 60.7 Å². The van der Waals surface area contributed by atoms with Gasteiger partial charge in [-0.25, -0.2) is 4.79 Å². The fraction of sp³-hybridized carbons (Fsp3) is 0.190. The number of rotatable bonds is 9. The number of amides is 1. The number of nitrogens with zero attached hydrogens (tertiary/aromatic N) is 1. The summed E-state index contributed by atoms with van der Waals surface area (Å²) in [5.41, 5.74) is 1.23. The summed E-state index contributed by atoms with van der Waals surface area (Å²) in [5.74, 6) is -1.59. The maximum absolute atomic E-state index is 12.0. The number of Topliss-reactive ketones (excluding diaryl/α,β-unsaturated/α-hetero) is 1. The van der Waals surface area contributed by atoms with Crippen molar-refractivity contribution in [3.8, 4) is 0 Å². The van der Waals surface area contributed by atoms with Gasteiger partial charge >= 0.3 is 5.97 Å². The lowest BCUT2D eigenvalue weighted by Crippen LogP contribution is -2.43. The molecule has 150 valence electrons. The molecule has 0 aliphatic heterocycles. The standard InChI is InChI=1S/C21H20N2O6/c1-15(24)19(13-16-6-3-2-4-7-16)22-20(25)14-29-21(26)11-10-17-8-5-9-18(12-17)23(27)28/h2-12,19H,13-14H2,1H3,(H,22,25)/b11-10+/t19-/m0/s1. The van der Waals surface area contributed by atoms with E-state index in [1.807, 2.05) is 30.3 Å². The van der Waals surface area contributed by atoms with Crippen molar-refractivity contribution in [2.24, 2.45) is 0 Å². The number of benzene rings is 2. The molecule has 2 rings (SSSR count). The number of esters is 1. The second kappa shape index (κ2) is 10.5. The van der Waals surface area contributed by atoms with Crippen molar-refractivity contribution in [1.29, 1.82) is 0 Å². The van der Waals surface area contributed by atoms with Gasteiger partial charge in [0.15, 0.2) is 12.4 Å². The molecule has 0 aliphatic rings. The lowest BCUT2D eigenvalue weighted by molar-refractivity contribution is -0.384. The Labute approximate surface area is 167 Å². The van der Waals surface area contributed by atoms with Gasteiger partial charge in [-0.1, -0.05) is 42.5 Å². The van der Waals surface area contributed by atoms with Crippen molar-refractivity contribution >= 4 is 29.4 Å². The lowest BCUT2D eigenvalue weighted by atomic mass is 10.0. The smallest absolute Gasteiger partial charge is 0.331 e. The molecule has 1 N–H and O–H groups in total. The summed E-state index contributed by atoms with van der Waals surface area (Å²) >= 11 is 0. The average molecular weight is 396 g/mol. The fourth-order valence-electron chi connectivity index (χ4n) is 2.47. The minimum atomic E-state index is -0.783. The molecular formula is C21H20N2O6. The molecule has 1 atom stereocenters. The van der Waals surface area contributed by atoms with E-state index in [-0.39, 0.29) is 11.5 Å². The Morgan fingerprint density at radius 3 is 2.52 bits per heavy atom. The summed E-state index contributed by atoms with van der Waals surface area (Å²) in [6.07, 6.45) is 2.75. The molecule has 0 fully saturated rings. The highest BCUT2D eigenvalue weighted by Crippen LogP contribution is 2.14. The van der Waals surface area contributed by atoms with Gasteiger partial charge in [0.1, 0.15) is 0 Å². The predicted molar refractivity (Wildman–Crippen MR) is 106 cm³/mol. The molecule has 8 heteroatoms. The number of ether oxygens (including phenoxy) is 1. The van der Waals surface area contributed by atoms with Crippen LogP contribution in [0.25, 0.3) is 6.08 Å². The fourth-order valence-corrected chi connectivity index (χ4v) is 2.47.